The molecule has 1 aromatic rings. The predicted molar refractivity (Wildman–Crippen MR) is 66.1 cm³/mol. The van der Waals surface area contributed by atoms with Gasteiger partial charge in [0.15, 0.2) is 0 Å². The van der Waals surface area contributed by atoms with Gasteiger partial charge in [-0.1, -0.05) is 30.3 Å². The number of ether oxygens (including phenoxy) is 1. The quantitative estimate of drug-likeness (QED) is 0.838. The number of carbonyl (C=O) groups is 2. The molecule has 1 fully saturated rings. The summed E-state index contributed by atoms with van der Waals surface area (Å²) in [6.45, 7) is 2.00. The van der Waals surface area contributed by atoms with Crippen molar-refractivity contribution in [1.82, 2.24) is 10.2 Å². The molecule has 1 N–H and O–H groups in total. The highest BCUT2D eigenvalue weighted by Crippen LogP contribution is 2.02. The number of carbonyl (C=O) groups excluding carboxylic acids is 2. The van der Waals surface area contributed by atoms with Gasteiger partial charge in [-0.2, -0.15) is 0 Å². The number of benzene rings is 1. The molecule has 96 valence electrons. The summed E-state index contributed by atoms with van der Waals surface area (Å²) in [4.78, 5) is 24.3. The summed E-state index contributed by atoms with van der Waals surface area (Å²) in [6.07, 6.45) is 0.0676. The fourth-order valence-electron chi connectivity index (χ4n) is 1.80. The Kier molecular flexibility index (Phi) is 4.17. The molecule has 1 aromatic carbocycles. The number of hydrogen-bond donors (Lipinski definition) is 1. The molecule has 1 heterocycles. The van der Waals surface area contributed by atoms with E-state index in [0.717, 1.165) is 5.56 Å². The highest BCUT2D eigenvalue weighted by Gasteiger charge is 2.20. The number of cyclic esters (lactones) is 1. The van der Waals surface area contributed by atoms with Crippen LogP contribution in [-0.2, 0) is 16.0 Å². The molecule has 0 bridgehead atoms. The molecule has 5 heteroatoms. The first-order chi connectivity index (χ1) is 8.75. The van der Waals surface area contributed by atoms with Gasteiger partial charge in [0.1, 0.15) is 6.61 Å². The topological polar surface area (TPSA) is 58.6 Å². The van der Waals surface area contributed by atoms with E-state index >= 15 is 0 Å². The van der Waals surface area contributed by atoms with Crippen LogP contribution >= 0.6 is 0 Å². The van der Waals surface area contributed by atoms with Crippen molar-refractivity contribution in [3.05, 3.63) is 35.9 Å². The van der Waals surface area contributed by atoms with E-state index in [0.29, 0.717) is 32.7 Å². The normalized spacial score (nSPS) is 14.4. The zero-order valence-corrected chi connectivity index (χ0v) is 10.1. The van der Waals surface area contributed by atoms with Crippen molar-refractivity contribution < 1.29 is 14.3 Å². The monoisotopic (exact) mass is 248 g/mol. The SMILES string of the molecule is O=C(Cc1ccccc1)NCCN1CCOC1=O. The number of amides is 2. The number of nitrogens with one attached hydrogen (secondary N) is 1. The number of nitrogens with zero attached hydrogens (tertiary/aromatic N) is 1. The molecular weight excluding hydrogens is 232 g/mol. The van der Waals surface area contributed by atoms with Crippen LogP contribution in [0.3, 0.4) is 0 Å². The van der Waals surface area contributed by atoms with Gasteiger partial charge in [-0.15, -0.1) is 0 Å². The Balaban J connectivity index is 1.67. The van der Waals surface area contributed by atoms with Crippen LogP contribution < -0.4 is 5.32 Å². The smallest absolute Gasteiger partial charge is 0.409 e. The van der Waals surface area contributed by atoms with Gasteiger partial charge in [-0.25, -0.2) is 4.79 Å². The Hall–Kier alpha value is -2.04. The molecule has 1 aliphatic heterocycles. The molecule has 0 radical (unpaired) electrons. The fraction of sp³-hybridized carbons (Fsp3) is 0.385. The van der Waals surface area contributed by atoms with Crippen LogP contribution in [0.1, 0.15) is 5.56 Å². The lowest BCUT2D eigenvalue weighted by molar-refractivity contribution is -0.120. The van der Waals surface area contributed by atoms with Gasteiger partial charge in [-0.3, -0.25) is 4.79 Å². The van der Waals surface area contributed by atoms with E-state index < -0.39 is 0 Å². The van der Waals surface area contributed by atoms with Crippen molar-refractivity contribution >= 4 is 12.0 Å². The van der Waals surface area contributed by atoms with Gasteiger partial charge < -0.3 is 15.0 Å². The predicted octanol–water partition coefficient (Wildman–Crippen LogP) is 0.797. The molecule has 0 aliphatic carbocycles. The van der Waals surface area contributed by atoms with Crippen LogP contribution in [0.4, 0.5) is 4.79 Å². The lowest BCUT2D eigenvalue weighted by Crippen LogP contribution is -2.36. The van der Waals surface area contributed by atoms with Crippen molar-refractivity contribution in [2.24, 2.45) is 0 Å². The molecular formula is C13H16N2O3. The second-order valence-corrected chi connectivity index (χ2v) is 4.11. The fourth-order valence-corrected chi connectivity index (χ4v) is 1.80. The van der Waals surface area contributed by atoms with Crippen molar-refractivity contribution in [2.75, 3.05) is 26.2 Å². The first kappa shape index (κ1) is 12.4. The minimum atomic E-state index is -0.299. The van der Waals surface area contributed by atoms with Gasteiger partial charge in [0, 0.05) is 13.1 Å². The zero-order chi connectivity index (χ0) is 12.8. The van der Waals surface area contributed by atoms with E-state index in [1.165, 1.54) is 0 Å². The van der Waals surface area contributed by atoms with Crippen LogP contribution in [0.15, 0.2) is 30.3 Å². The van der Waals surface area contributed by atoms with Crippen molar-refractivity contribution in [1.29, 1.82) is 0 Å². The summed E-state index contributed by atoms with van der Waals surface area (Å²) in [7, 11) is 0. The molecule has 0 spiro atoms. The van der Waals surface area contributed by atoms with Crippen molar-refractivity contribution in [3.8, 4) is 0 Å². The van der Waals surface area contributed by atoms with Gasteiger partial charge in [0.25, 0.3) is 0 Å². The van der Waals surface area contributed by atoms with Crippen LogP contribution in [0.5, 0.6) is 0 Å². The third-order valence-corrected chi connectivity index (χ3v) is 2.76. The highest BCUT2D eigenvalue weighted by atomic mass is 16.6. The molecule has 2 rings (SSSR count). The third kappa shape index (κ3) is 3.48. The van der Waals surface area contributed by atoms with Crippen LogP contribution in [0.25, 0.3) is 0 Å². The molecule has 1 saturated heterocycles. The minimum Gasteiger partial charge on any atom is -0.448 e. The number of hydrogen-bond acceptors (Lipinski definition) is 3. The Bertz CT molecular complexity index is 420. The maximum Gasteiger partial charge on any atom is 0.409 e. The Morgan fingerprint density at radius 1 is 1.33 bits per heavy atom. The summed E-state index contributed by atoms with van der Waals surface area (Å²) < 4.78 is 4.79. The minimum absolute atomic E-state index is 0.0336. The number of rotatable bonds is 5. The molecule has 0 unspecified atom stereocenters. The standard InChI is InChI=1S/C13H16N2O3/c16-12(10-11-4-2-1-3-5-11)14-6-7-15-8-9-18-13(15)17/h1-5H,6-10H2,(H,14,16). The maximum atomic E-state index is 11.6. The van der Waals surface area contributed by atoms with Gasteiger partial charge >= 0.3 is 6.09 Å². The van der Waals surface area contributed by atoms with Gasteiger partial charge in [0.05, 0.1) is 13.0 Å². The molecule has 0 saturated carbocycles. The average Bonchev–Trinajstić information content (AvgIpc) is 2.76. The Morgan fingerprint density at radius 2 is 2.11 bits per heavy atom. The second-order valence-electron chi connectivity index (χ2n) is 4.11. The molecule has 18 heavy (non-hydrogen) atoms. The largest absolute Gasteiger partial charge is 0.448 e. The summed E-state index contributed by atoms with van der Waals surface area (Å²) in [5.74, 6) is -0.0336. The van der Waals surface area contributed by atoms with Crippen LogP contribution in [-0.4, -0.2) is 43.1 Å². The lowest BCUT2D eigenvalue weighted by atomic mass is 10.1. The van der Waals surface area contributed by atoms with Crippen molar-refractivity contribution in [2.45, 2.75) is 6.42 Å². The van der Waals surface area contributed by atoms with Gasteiger partial charge in [0.2, 0.25) is 5.91 Å². The highest BCUT2D eigenvalue weighted by molar-refractivity contribution is 5.78. The van der Waals surface area contributed by atoms with E-state index in [1.807, 2.05) is 30.3 Å². The van der Waals surface area contributed by atoms with Gasteiger partial charge in [-0.05, 0) is 5.56 Å². The lowest BCUT2D eigenvalue weighted by Gasteiger charge is -2.12. The van der Waals surface area contributed by atoms with E-state index in [1.54, 1.807) is 4.90 Å². The van der Waals surface area contributed by atoms with E-state index in [2.05, 4.69) is 5.32 Å². The van der Waals surface area contributed by atoms with E-state index in [-0.39, 0.29) is 12.0 Å². The van der Waals surface area contributed by atoms with E-state index in [4.69, 9.17) is 4.74 Å². The molecule has 0 atom stereocenters. The molecule has 2 amide bonds. The molecule has 5 nitrogen and oxygen atoms in total. The summed E-state index contributed by atoms with van der Waals surface area (Å²) in [6, 6.07) is 9.56. The van der Waals surface area contributed by atoms with Crippen LogP contribution in [0.2, 0.25) is 0 Å². The van der Waals surface area contributed by atoms with Crippen LogP contribution in [0, 0.1) is 0 Å². The maximum absolute atomic E-state index is 11.6. The second kappa shape index (κ2) is 6.05. The van der Waals surface area contributed by atoms with Crippen molar-refractivity contribution in [3.63, 3.8) is 0 Å². The third-order valence-electron chi connectivity index (χ3n) is 2.76. The first-order valence-electron chi connectivity index (χ1n) is 5.98. The average molecular weight is 248 g/mol. The first-order valence-corrected chi connectivity index (χ1v) is 5.98. The summed E-state index contributed by atoms with van der Waals surface area (Å²) >= 11 is 0. The van der Waals surface area contributed by atoms with E-state index in [9.17, 15) is 9.59 Å². The molecule has 1 aliphatic rings. The Morgan fingerprint density at radius 3 is 2.78 bits per heavy atom. The zero-order valence-electron chi connectivity index (χ0n) is 10.1. The summed E-state index contributed by atoms with van der Waals surface area (Å²) in [5, 5.41) is 2.79. The Labute approximate surface area is 106 Å². The summed E-state index contributed by atoms with van der Waals surface area (Å²) in [5.41, 5.74) is 0.982. The molecule has 0 aromatic heterocycles.